The second-order valence-corrected chi connectivity index (χ2v) is 4.97. The van der Waals surface area contributed by atoms with Gasteiger partial charge < -0.3 is 10.5 Å². The number of aryl methyl sites for hydroxylation is 1. The van der Waals surface area contributed by atoms with Crippen LogP contribution < -0.4 is 5.73 Å². The molecule has 0 bridgehead atoms. The number of hydrogen-bond acceptors (Lipinski definition) is 4. The highest BCUT2D eigenvalue weighted by atomic mass is 35.5. The summed E-state index contributed by atoms with van der Waals surface area (Å²) in [5.41, 5.74) is 6.19. The fraction of sp³-hybridized carbons (Fsp3) is 0.231. The number of imidazole rings is 1. The van der Waals surface area contributed by atoms with Crippen molar-refractivity contribution in [1.82, 2.24) is 9.55 Å². The topological polar surface area (TPSA) is 70.1 Å². The van der Waals surface area contributed by atoms with Gasteiger partial charge in [0.1, 0.15) is 17.5 Å². The Hall–Kier alpha value is -1.79. The van der Waals surface area contributed by atoms with Gasteiger partial charge in [0.25, 0.3) is 0 Å². The van der Waals surface area contributed by atoms with Gasteiger partial charge in [0, 0.05) is 6.42 Å². The Morgan fingerprint density at radius 1 is 1.43 bits per heavy atom. The Morgan fingerprint density at radius 2 is 2.00 bits per heavy atom. The van der Waals surface area contributed by atoms with Crippen molar-refractivity contribution in [3.8, 4) is 5.69 Å². The van der Waals surface area contributed by atoms with Crippen LogP contribution in [0.1, 0.15) is 23.2 Å². The van der Waals surface area contributed by atoms with E-state index in [1.807, 2.05) is 6.92 Å². The van der Waals surface area contributed by atoms with Crippen molar-refractivity contribution < 1.29 is 13.9 Å². The number of aromatic nitrogens is 2. The van der Waals surface area contributed by atoms with E-state index in [1.165, 1.54) is 11.7 Å². The number of carbonyl (C=O) groups is 1. The van der Waals surface area contributed by atoms with E-state index < -0.39 is 11.8 Å². The number of rotatable bonds is 3. The average Bonchev–Trinajstić information content (AvgIpc) is 2.74. The lowest BCUT2D eigenvalue weighted by atomic mass is 10.3. The number of nitrogens with zero attached hydrogens (tertiary/aromatic N) is 2. The second-order valence-electron chi connectivity index (χ2n) is 4.16. The molecule has 1 heterocycles. The summed E-state index contributed by atoms with van der Waals surface area (Å²) >= 11 is 12.1. The number of anilines is 1. The molecule has 0 saturated carbocycles. The molecule has 0 amide bonds. The van der Waals surface area contributed by atoms with Crippen LogP contribution in [-0.2, 0) is 11.2 Å². The first-order valence-corrected chi connectivity index (χ1v) is 6.76. The molecule has 2 N–H and O–H groups in total. The Kier molecular flexibility index (Phi) is 4.39. The van der Waals surface area contributed by atoms with E-state index in [-0.39, 0.29) is 27.2 Å². The standard InChI is InChI=1S/C13H12Cl2FN3O2/c1-3-9-18-10(13(20)21-2)12(17)19(9)11-7(14)4-6(16)5-8(11)15/h4-5H,3,17H2,1-2H3. The molecule has 0 radical (unpaired) electrons. The molecule has 0 atom stereocenters. The summed E-state index contributed by atoms with van der Waals surface area (Å²) in [7, 11) is 1.23. The molecule has 0 aliphatic rings. The van der Waals surface area contributed by atoms with E-state index in [1.54, 1.807) is 0 Å². The highest BCUT2D eigenvalue weighted by Crippen LogP contribution is 2.34. The first-order chi connectivity index (χ1) is 9.90. The minimum Gasteiger partial charge on any atom is -0.464 e. The molecule has 0 unspecified atom stereocenters. The molecule has 5 nitrogen and oxygen atoms in total. The van der Waals surface area contributed by atoms with Crippen molar-refractivity contribution in [2.45, 2.75) is 13.3 Å². The zero-order valence-electron chi connectivity index (χ0n) is 11.3. The van der Waals surface area contributed by atoms with E-state index in [4.69, 9.17) is 28.9 Å². The van der Waals surface area contributed by atoms with Crippen LogP contribution in [0.5, 0.6) is 0 Å². The molecule has 0 fully saturated rings. The molecule has 0 aliphatic heterocycles. The van der Waals surface area contributed by atoms with Gasteiger partial charge in [0.2, 0.25) is 0 Å². The van der Waals surface area contributed by atoms with Gasteiger partial charge in [-0.15, -0.1) is 0 Å². The third-order valence-corrected chi connectivity index (χ3v) is 3.46. The predicted octanol–water partition coefficient (Wildman–Crippen LogP) is 3.25. The van der Waals surface area contributed by atoms with Crippen LogP contribution >= 0.6 is 23.2 Å². The summed E-state index contributed by atoms with van der Waals surface area (Å²) in [5, 5.41) is 0.130. The molecule has 112 valence electrons. The van der Waals surface area contributed by atoms with E-state index in [9.17, 15) is 9.18 Å². The van der Waals surface area contributed by atoms with Gasteiger partial charge in [-0.25, -0.2) is 14.2 Å². The fourth-order valence-corrected chi connectivity index (χ4v) is 2.59. The molecule has 2 rings (SSSR count). The van der Waals surface area contributed by atoms with E-state index in [0.29, 0.717) is 12.2 Å². The van der Waals surface area contributed by atoms with Crippen LogP contribution in [0.2, 0.25) is 10.0 Å². The molecule has 1 aromatic carbocycles. The average molecular weight is 332 g/mol. The van der Waals surface area contributed by atoms with Crippen molar-refractivity contribution in [3.63, 3.8) is 0 Å². The summed E-state index contributed by atoms with van der Waals surface area (Å²) in [4.78, 5) is 15.8. The van der Waals surface area contributed by atoms with E-state index >= 15 is 0 Å². The van der Waals surface area contributed by atoms with Gasteiger partial charge in [-0.2, -0.15) is 0 Å². The monoisotopic (exact) mass is 331 g/mol. The van der Waals surface area contributed by atoms with Gasteiger partial charge in [-0.3, -0.25) is 4.57 Å². The van der Waals surface area contributed by atoms with Crippen molar-refractivity contribution in [2.75, 3.05) is 12.8 Å². The molecule has 0 saturated heterocycles. The number of carbonyl (C=O) groups excluding carboxylic acids is 1. The summed E-state index contributed by atoms with van der Waals surface area (Å²) in [6.45, 7) is 1.82. The Bertz CT molecular complexity index is 693. The zero-order valence-corrected chi connectivity index (χ0v) is 12.8. The summed E-state index contributed by atoms with van der Waals surface area (Å²) in [5.74, 6) is -0.744. The summed E-state index contributed by atoms with van der Waals surface area (Å²) < 4.78 is 19.3. The molecule has 1 aromatic heterocycles. The Morgan fingerprint density at radius 3 is 2.48 bits per heavy atom. The predicted molar refractivity (Wildman–Crippen MR) is 78.7 cm³/mol. The number of halogens is 3. The van der Waals surface area contributed by atoms with Crippen molar-refractivity contribution in [2.24, 2.45) is 0 Å². The van der Waals surface area contributed by atoms with Crippen LogP contribution in [0.3, 0.4) is 0 Å². The SMILES string of the molecule is CCc1nc(C(=O)OC)c(N)n1-c1c(Cl)cc(F)cc1Cl. The Labute approximate surface area is 130 Å². The molecular formula is C13H12Cl2FN3O2. The largest absolute Gasteiger partial charge is 0.464 e. The molecular weight excluding hydrogens is 320 g/mol. The minimum atomic E-state index is -0.671. The minimum absolute atomic E-state index is 0.0362. The lowest BCUT2D eigenvalue weighted by Gasteiger charge is -2.13. The molecule has 0 aliphatic carbocycles. The van der Waals surface area contributed by atoms with Gasteiger partial charge in [-0.1, -0.05) is 30.1 Å². The van der Waals surface area contributed by atoms with Gasteiger partial charge in [0.15, 0.2) is 5.69 Å². The first kappa shape index (κ1) is 15.6. The van der Waals surface area contributed by atoms with Crippen molar-refractivity contribution in [1.29, 1.82) is 0 Å². The first-order valence-electron chi connectivity index (χ1n) is 6.01. The molecule has 8 heteroatoms. The number of nitrogens with two attached hydrogens (primary N) is 1. The third kappa shape index (κ3) is 2.69. The maximum Gasteiger partial charge on any atom is 0.360 e. The second kappa shape index (κ2) is 5.91. The molecule has 0 spiro atoms. The van der Waals surface area contributed by atoms with Crippen LogP contribution in [0.25, 0.3) is 5.69 Å². The fourth-order valence-electron chi connectivity index (χ4n) is 1.96. The quantitative estimate of drug-likeness (QED) is 0.876. The number of nitrogen functional groups attached to an aromatic ring is 1. The third-order valence-electron chi connectivity index (χ3n) is 2.88. The highest BCUT2D eigenvalue weighted by molar-refractivity contribution is 6.37. The maximum absolute atomic E-state index is 13.3. The normalized spacial score (nSPS) is 10.7. The number of benzene rings is 1. The van der Waals surface area contributed by atoms with Crippen LogP contribution in [0, 0.1) is 5.82 Å². The lowest BCUT2D eigenvalue weighted by Crippen LogP contribution is -2.09. The summed E-state index contributed by atoms with van der Waals surface area (Å²) in [6.07, 6.45) is 0.464. The number of methoxy groups -OCH3 is 1. The van der Waals surface area contributed by atoms with Gasteiger partial charge in [-0.05, 0) is 12.1 Å². The van der Waals surface area contributed by atoms with Gasteiger partial charge in [0.05, 0.1) is 22.8 Å². The molecule has 21 heavy (non-hydrogen) atoms. The van der Waals surface area contributed by atoms with Crippen molar-refractivity contribution in [3.05, 3.63) is 39.5 Å². The van der Waals surface area contributed by atoms with E-state index in [2.05, 4.69) is 9.72 Å². The zero-order chi connectivity index (χ0) is 15.7. The highest BCUT2D eigenvalue weighted by Gasteiger charge is 2.24. The Balaban J connectivity index is 2.75. The number of hydrogen-bond donors (Lipinski definition) is 1. The van der Waals surface area contributed by atoms with Crippen LogP contribution in [0.15, 0.2) is 12.1 Å². The van der Waals surface area contributed by atoms with Crippen molar-refractivity contribution >= 4 is 35.0 Å². The number of ether oxygens (including phenoxy) is 1. The van der Waals surface area contributed by atoms with Crippen LogP contribution in [-0.4, -0.2) is 22.6 Å². The van der Waals surface area contributed by atoms with Crippen LogP contribution in [0.4, 0.5) is 10.2 Å². The number of esters is 1. The molecule has 2 aromatic rings. The maximum atomic E-state index is 13.3. The summed E-state index contributed by atoms with van der Waals surface area (Å²) in [6, 6.07) is 2.22. The lowest BCUT2D eigenvalue weighted by molar-refractivity contribution is 0.0595. The van der Waals surface area contributed by atoms with Gasteiger partial charge >= 0.3 is 5.97 Å². The smallest absolute Gasteiger partial charge is 0.360 e. The van der Waals surface area contributed by atoms with E-state index in [0.717, 1.165) is 12.1 Å².